The predicted molar refractivity (Wildman–Crippen MR) is 61.8 cm³/mol. The zero-order valence-corrected chi connectivity index (χ0v) is 10.4. The van der Waals surface area contributed by atoms with Crippen LogP contribution in [-0.2, 0) is 9.59 Å². The molecule has 0 rings (SSSR count). The Labute approximate surface area is 96.4 Å². The van der Waals surface area contributed by atoms with Crippen LogP contribution in [0.1, 0.15) is 27.7 Å². The van der Waals surface area contributed by atoms with Gasteiger partial charge in [0, 0.05) is 18.5 Å². The van der Waals surface area contributed by atoms with E-state index in [0.717, 1.165) is 0 Å². The van der Waals surface area contributed by atoms with Crippen molar-refractivity contribution in [2.45, 2.75) is 33.7 Å². The molecule has 5 nitrogen and oxygen atoms in total. The maximum atomic E-state index is 11.6. The highest BCUT2D eigenvalue weighted by Crippen LogP contribution is 2.10. The summed E-state index contributed by atoms with van der Waals surface area (Å²) in [5.41, 5.74) is 5.59. The molecule has 0 aromatic rings. The first-order valence-electron chi connectivity index (χ1n) is 5.53. The number of carboxylic acid groups (broad SMARTS) is 1. The fourth-order valence-corrected chi connectivity index (χ4v) is 1.22. The topological polar surface area (TPSA) is 92.4 Å². The molecule has 1 amide bonds. The Balaban J connectivity index is 4.22. The molecular formula is C11H22N2O3. The van der Waals surface area contributed by atoms with E-state index in [1.807, 2.05) is 13.8 Å². The van der Waals surface area contributed by atoms with Crippen molar-refractivity contribution in [3.05, 3.63) is 0 Å². The van der Waals surface area contributed by atoms with E-state index in [2.05, 4.69) is 5.32 Å². The molecule has 3 unspecified atom stereocenters. The molecule has 0 aliphatic rings. The summed E-state index contributed by atoms with van der Waals surface area (Å²) in [6.07, 6.45) is 0. The van der Waals surface area contributed by atoms with Crippen molar-refractivity contribution in [2.75, 3.05) is 6.54 Å². The second kappa shape index (κ2) is 6.48. The average Bonchev–Trinajstić information content (AvgIpc) is 2.15. The van der Waals surface area contributed by atoms with Crippen molar-refractivity contribution in [2.24, 2.45) is 23.5 Å². The van der Waals surface area contributed by atoms with Crippen LogP contribution >= 0.6 is 0 Å². The molecule has 0 bridgehead atoms. The summed E-state index contributed by atoms with van der Waals surface area (Å²) < 4.78 is 0. The Hall–Kier alpha value is -1.10. The summed E-state index contributed by atoms with van der Waals surface area (Å²) >= 11 is 0. The van der Waals surface area contributed by atoms with Crippen LogP contribution in [0.3, 0.4) is 0 Å². The number of hydrogen-bond acceptors (Lipinski definition) is 3. The molecule has 0 aliphatic carbocycles. The van der Waals surface area contributed by atoms with Gasteiger partial charge < -0.3 is 16.2 Å². The van der Waals surface area contributed by atoms with Crippen molar-refractivity contribution >= 4 is 11.9 Å². The van der Waals surface area contributed by atoms with Gasteiger partial charge in [0.15, 0.2) is 0 Å². The number of carbonyl (C=O) groups is 2. The summed E-state index contributed by atoms with van der Waals surface area (Å²) in [5.74, 6) is -1.94. The quantitative estimate of drug-likeness (QED) is 0.617. The third kappa shape index (κ3) is 4.61. The minimum absolute atomic E-state index is 0.0107. The molecule has 3 atom stereocenters. The number of rotatable bonds is 6. The van der Waals surface area contributed by atoms with Crippen LogP contribution in [0.4, 0.5) is 0 Å². The molecule has 0 heterocycles. The normalized spacial score (nSPS) is 16.6. The molecule has 5 heteroatoms. The van der Waals surface area contributed by atoms with Crippen molar-refractivity contribution in [1.29, 1.82) is 0 Å². The maximum Gasteiger partial charge on any atom is 0.308 e. The first kappa shape index (κ1) is 14.9. The van der Waals surface area contributed by atoms with Crippen molar-refractivity contribution < 1.29 is 14.7 Å². The van der Waals surface area contributed by atoms with Gasteiger partial charge in [0.2, 0.25) is 5.91 Å². The van der Waals surface area contributed by atoms with Crippen molar-refractivity contribution in [3.63, 3.8) is 0 Å². The van der Waals surface area contributed by atoms with Crippen molar-refractivity contribution in [3.8, 4) is 0 Å². The van der Waals surface area contributed by atoms with Gasteiger partial charge in [-0.25, -0.2) is 0 Å². The van der Waals surface area contributed by atoms with Crippen LogP contribution < -0.4 is 11.1 Å². The lowest BCUT2D eigenvalue weighted by molar-refractivity contribution is -0.143. The summed E-state index contributed by atoms with van der Waals surface area (Å²) in [6, 6.07) is -0.234. The smallest absolute Gasteiger partial charge is 0.308 e. The number of hydrogen-bond donors (Lipinski definition) is 3. The minimum atomic E-state index is -0.885. The van der Waals surface area contributed by atoms with Crippen LogP contribution in [0.5, 0.6) is 0 Å². The largest absolute Gasteiger partial charge is 0.481 e. The number of carboxylic acids is 1. The molecular weight excluding hydrogens is 208 g/mol. The first-order chi connectivity index (χ1) is 7.27. The Bertz CT molecular complexity index is 252. The summed E-state index contributed by atoms with van der Waals surface area (Å²) in [4.78, 5) is 22.4. The zero-order valence-electron chi connectivity index (χ0n) is 10.4. The third-order valence-corrected chi connectivity index (χ3v) is 2.82. The average molecular weight is 230 g/mol. The number of nitrogens with one attached hydrogen (secondary N) is 1. The molecule has 0 spiro atoms. The highest BCUT2D eigenvalue weighted by molar-refractivity contribution is 5.79. The fraction of sp³-hybridized carbons (Fsp3) is 0.818. The van der Waals surface area contributed by atoms with E-state index in [1.165, 1.54) is 0 Å². The number of nitrogens with two attached hydrogens (primary N) is 1. The summed E-state index contributed by atoms with van der Waals surface area (Å²) in [6.45, 7) is 7.27. The lowest BCUT2D eigenvalue weighted by atomic mass is 9.95. The van der Waals surface area contributed by atoms with E-state index in [-0.39, 0.29) is 30.3 Å². The van der Waals surface area contributed by atoms with Gasteiger partial charge in [-0.2, -0.15) is 0 Å². The van der Waals surface area contributed by atoms with E-state index in [9.17, 15) is 9.59 Å². The van der Waals surface area contributed by atoms with E-state index in [1.54, 1.807) is 13.8 Å². The van der Waals surface area contributed by atoms with Gasteiger partial charge in [0.1, 0.15) is 0 Å². The fourth-order valence-electron chi connectivity index (χ4n) is 1.22. The van der Waals surface area contributed by atoms with E-state index >= 15 is 0 Å². The lowest BCUT2D eigenvalue weighted by Gasteiger charge is -2.20. The summed E-state index contributed by atoms with van der Waals surface area (Å²) in [5, 5.41) is 11.6. The van der Waals surface area contributed by atoms with Crippen LogP contribution in [-0.4, -0.2) is 29.6 Å². The van der Waals surface area contributed by atoms with Gasteiger partial charge in [0.05, 0.1) is 5.92 Å². The molecule has 0 saturated heterocycles. The number of carbonyl (C=O) groups excluding carboxylic acids is 1. The minimum Gasteiger partial charge on any atom is -0.481 e. The Morgan fingerprint density at radius 3 is 2.06 bits per heavy atom. The van der Waals surface area contributed by atoms with E-state index < -0.39 is 11.9 Å². The lowest BCUT2D eigenvalue weighted by Crippen LogP contribution is -2.42. The molecule has 0 fully saturated rings. The summed E-state index contributed by atoms with van der Waals surface area (Å²) in [7, 11) is 0. The highest BCUT2D eigenvalue weighted by atomic mass is 16.4. The van der Waals surface area contributed by atoms with Crippen molar-refractivity contribution in [1.82, 2.24) is 5.32 Å². The molecule has 4 N–H and O–H groups in total. The van der Waals surface area contributed by atoms with Gasteiger partial charge in [-0.05, 0) is 12.8 Å². The van der Waals surface area contributed by atoms with Crippen LogP contribution in [0.15, 0.2) is 0 Å². The third-order valence-electron chi connectivity index (χ3n) is 2.82. The van der Waals surface area contributed by atoms with Crippen LogP contribution in [0.25, 0.3) is 0 Å². The monoisotopic (exact) mass is 230 g/mol. The SMILES string of the molecule is CC(C)C(CNC(=O)C(C)C(C)N)C(=O)O. The number of amides is 1. The van der Waals surface area contributed by atoms with Gasteiger partial charge in [-0.15, -0.1) is 0 Å². The Kier molecular flexibility index (Phi) is 6.03. The van der Waals surface area contributed by atoms with Gasteiger partial charge in [-0.1, -0.05) is 20.8 Å². The standard InChI is InChI=1S/C11H22N2O3/c1-6(2)9(11(15)16)5-13-10(14)7(3)8(4)12/h6-9H,5,12H2,1-4H3,(H,13,14)(H,15,16). The van der Waals surface area contributed by atoms with Gasteiger partial charge >= 0.3 is 5.97 Å². The van der Waals surface area contributed by atoms with Gasteiger partial charge in [-0.3, -0.25) is 9.59 Å². The molecule has 0 aliphatic heterocycles. The molecule has 94 valence electrons. The van der Waals surface area contributed by atoms with Crippen LogP contribution in [0, 0.1) is 17.8 Å². The zero-order chi connectivity index (χ0) is 12.9. The second-order valence-electron chi connectivity index (χ2n) is 4.58. The van der Waals surface area contributed by atoms with Crippen LogP contribution in [0.2, 0.25) is 0 Å². The molecule has 0 aromatic heterocycles. The molecule has 0 radical (unpaired) electrons. The Morgan fingerprint density at radius 1 is 1.25 bits per heavy atom. The maximum absolute atomic E-state index is 11.6. The molecule has 16 heavy (non-hydrogen) atoms. The number of aliphatic carboxylic acids is 1. The Morgan fingerprint density at radius 2 is 1.75 bits per heavy atom. The predicted octanol–water partition coefficient (Wildman–Crippen LogP) is 0.443. The van der Waals surface area contributed by atoms with E-state index in [0.29, 0.717) is 0 Å². The van der Waals surface area contributed by atoms with E-state index in [4.69, 9.17) is 10.8 Å². The molecule has 0 saturated carbocycles. The highest BCUT2D eigenvalue weighted by Gasteiger charge is 2.24. The molecule has 0 aromatic carbocycles. The van der Waals surface area contributed by atoms with Gasteiger partial charge in [0.25, 0.3) is 0 Å². The first-order valence-corrected chi connectivity index (χ1v) is 5.53. The second-order valence-corrected chi connectivity index (χ2v) is 4.58.